The third kappa shape index (κ3) is 3.89. The van der Waals surface area contributed by atoms with Crippen molar-refractivity contribution in [1.29, 1.82) is 0 Å². The Balaban J connectivity index is 2.81. The smallest absolute Gasteiger partial charge is 0.253 e. The molecular formula is C13H20ClN3O. The number of hydrogen-bond acceptors (Lipinski definition) is 3. The van der Waals surface area contributed by atoms with Crippen molar-refractivity contribution in [3.8, 4) is 0 Å². The van der Waals surface area contributed by atoms with Gasteiger partial charge in [-0.1, -0.05) is 32.4 Å². The van der Waals surface area contributed by atoms with Crippen molar-refractivity contribution in [3.05, 3.63) is 28.8 Å². The van der Waals surface area contributed by atoms with E-state index in [1.54, 1.807) is 18.2 Å². The number of benzene rings is 1. The lowest BCUT2D eigenvalue weighted by Crippen LogP contribution is -2.34. The number of halogens is 1. The van der Waals surface area contributed by atoms with E-state index in [2.05, 4.69) is 31.5 Å². The average Bonchev–Trinajstić information content (AvgIpc) is 2.36. The van der Waals surface area contributed by atoms with E-state index in [9.17, 15) is 4.79 Å². The van der Waals surface area contributed by atoms with Crippen LogP contribution in [0.5, 0.6) is 0 Å². The van der Waals surface area contributed by atoms with Crippen LogP contribution >= 0.6 is 11.6 Å². The first-order chi connectivity index (χ1) is 8.39. The first-order valence-corrected chi connectivity index (χ1v) is 6.32. The lowest BCUT2D eigenvalue weighted by molar-refractivity contribution is 0.0936. The van der Waals surface area contributed by atoms with Gasteiger partial charge in [0.1, 0.15) is 0 Å². The summed E-state index contributed by atoms with van der Waals surface area (Å²) in [5.74, 6) is 5.20. The molecule has 0 aromatic heterocycles. The molecule has 0 saturated heterocycles. The van der Waals surface area contributed by atoms with Gasteiger partial charge in [-0.15, -0.1) is 0 Å². The van der Waals surface area contributed by atoms with Gasteiger partial charge in [0, 0.05) is 11.6 Å². The molecule has 0 unspecified atom stereocenters. The van der Waals surface area contributed by atoms with Gasteiger partial charge in [0.2, 0.25) is 0 Å². The van der Waals surface area contributed by atoms with Gasteiger partial charge < -0.3 is 10.7 Å². The molecule has 0 atom stereocenters. The van der Waals surface area contributed by atoms with Crippen molar-refractivity contribution in [2.24, 2.45) is 11.3 Å². The predicted molar refractivity (Wildman–Crippen MR) is 75.7 cm³/mol. The molecule has 1 aromatic rings. The Morgan fingerprint density at radius 1 is 1.44 bits per heavy atom. The first-order valence-electron chi connectivity index (χ1n) is 5.94. The van der Waals surface area contributed by atoms with Crippen LogP contribution in [-0.2, 0) is 0 Å². The summed E-state index contributed by atoms with van der Waals surface area (Å²) < 4.78 is 0. The number of nitrogens with one attached hydrogen (secondary N) is 2. The molecule has 1 amide bonds. The Bertz CT molecular complexity index is 432. The highest BCUT2D eigenvalue weighted by atomic mass is 35.5. The molecule has 1 rings (SSSR count). The lowest BCUT2D eigenvalue weighted by Gasteiger charge is -2.23. The van der Waals surface area contributed by atoms with E-state index in [0.717, 1.165) is 6.42 Å². The summed E-state index contributed by atoms with van der Waals surface area (Å²) in [7, 11) is 0. The minimum absolute atomic E-state index is 0.0739. The molecular weight excluding hydrogens is 250 g/mol. The van der Waals surface area contributed by atoms with Crippen molar-refractivity contribution in [3.63, 3.8) is 0 Å². The van der Waals surface area contributed by atoms with Gasteiger partial charge in [-0.05, 0) is 30.0 Å². The van der Waals surface area contributed by atoms with Crippen molar-refractivity contribution < 1.29 is 4.79 Å². The zero-order valence-electron chi connectivity index (χ0n) is 11.0. The van der Waals surface area contributed by atoms with Gasteiger partial charge in [0.15, 0.2) is 0 Å². The minimum Gasteiger partial charge on any atom is -0.351 e. The molecule has 0 radical (unpaired) electrons. The highest BCUT2D eigenvalue weighted by molar-refractivity contribution is 6.31. The maximum Gasteiger partial charge on any atom is 0.253 e. The summed E-state index contributed by atoms with van der Waals surface area (Å²) >= 11 is 5.89. The second-order valence-corrected chi connectivity index (χ2v) is 5.47. The molecule has 0 fully saturated rings. The number of carbonyl (C=O) groups is 1. The Labute approximate surface area is 113 Å². The van der Waals surface area contributed by atoms with Crippen molar-refractivity contribution >= 4 is 23.2 Å². The largest absolute Gasteiger partial charge is 0.351 e. The molecule has 100 valence electrons. The van der Waals surface area contributed by atoms with E-state index >= 15 is 0 Å². The van der Waals surface area contributed by atoms with E-state index in [-0.39, 0.29) is 11.3 Å². The summed E-state index contributed by atoms with van der Waals surface area (Å²) in [5.41, 5.74) is 3.59. The number of nitrogen functional groups attached to an aromatic ring is 1. The number of carbonyl (C=O) groups excluding carboxylic acids is 1. The van der Waals surface area contributed by atoms with Gasteiger partial charge >= 0.3 is 0 Å². The maximum atomic E-state index is 12.1. The fourth-order valence-corrected chi connectivity index (χ4v) is 1.54. The van der Waals surface area contributed by atoms with Gasteiger partial charge in [0.05, 0.1) is 11.3 Å². The highest BCUT2D eigenvalue weighted by Gasteiger charge is 2.18. The van der Waals surface area contributed by atoms with Gasteiger partial charge in [0.25, 0.3) is 5.91 Å². The van der Waals surface area contributed by atoms with E-state index in [1.165, 1.54) is 0 Å². The standard InChI is InChI=1S/C13H20ClN3O/c1-4-13(2,3)8-16-12(18)10-7-9(14)5-6-11(10)17-15/h5-7,17H,4,8,15H2,1-3H3,(H,16,18). The SMILES string of the molecule is CCC(C)(C)CNC(=O)c1cc(Cl)ccc1NN. The zero-order chi connectivity index (χ0) is 13.8. The normalized spacial score (nSPS) is 11.2. The Kier molecular flexibility index (Phi) is 4.99. The molecule has 18 heavy (non-hydrogen) atoms. The summed E-state index contributed by atoms with van der Waals surface area (Å²) in [4.78, 5) is 12.1. The maximum absolute atomic E-state index is 12.1. The Morgan fingerprint density at radius 3 is 2.67 bits per heavy atom. The van der Waals surface area contributed by atoms with Crippen molar-refractivity contribution in [2.75, 3.05) is 12.0 Å². The monoisotopic (exact) mass is 269 g/mol. The van der Waals surface area contributed by atoms with Gasteiger partial charge in [-0.25, -0.2) is 0 Å². The fourth-order valence-electron chi connectivity index (χ4n) is 1.37. The van der Waals surface area contributed by atoms with Crippen molar-refractivity contribution in [2.45, 2.75) is 27.2 Å². The highest BCUT2D eigenvalue weighted by Crippen LogP contribution is 2.21. The number of amides is 1. The van der Waals surface area contributed by atoms with Crippen molar-refractivity contribution in [1.82, 2.24) is 5.32 Å². The molecule has 1 aromatic carbocycles. The summed E-state index contributed by atoms with van der Waals surface area (Å²) in [6.07, 6.45) is 0.991. The van der Waals surface area contributed by atoms with E-state index in [1.807, 2.05) is 0 Å². The number of nitrogens with two attached hydrogens (primary N) is 1. The second kappa shape index (κ2) is 6.07. The number of hydrazine groups is 1. The molecule has 0 aliphatic carbocycles. The number of rotatable bonds is 5. The molecule has 0 spiro atoms. The lowest BCUT2D eigenvalue weighted by atomic mass is 9.90. The first kappa shape index (κ1) is 14.8. The second-order valence-electron chi connectivity index (χ2n) is 5.03. The summed E-state index contributed by atoms with van der Waals surface area (Å²) in [6.45, 7) is 6.91. The van der Waals surface area contributed by atoms with Gasteiger partial charge in [-0.2, -0.15) is 0 Å². The molecule has 0 aliphatic rings. The molecule has 4 nitrogen and oxygen atoms in total. The average molecular weight is 270 g/mol. The van der Waals surface area contributed by atoms with Crippen LogP contribution in [0, 0.1) is 5.41 Å². The Morgan fingerprint density at radius 2 is 2.11 bits per heavy atom. The quantitative estimate of drug-likeness (QED) is 0.569. The van der Waals surface area contributed by atoms with Crippen LogP contribution in [0.1, 0.15) is 37.6 Å². The summed E-state index contributed by atoms with van der Waals surface area (Å²) in [6, 6.07) is 4.97. The topological polar surface area (TPSA) is 67.2 Å². The number of hydrogen-bond donors (Lipinski definition) is 3. The van der Waals surface area contributed by atoms with Crippen LogP contribution in [0.15, 0.2) is 18.2 Å². The van der Waals surface area contributed by atoms with Crippen LogP contribution in [0.25, 0.3) is 0 Å². The molecule has 0 heterocycles. The van der Waals surface area contributed by atoms with E-state index < -0.39 is 0 Å². The fraction of sp³-hybridized carbons (Fsp3) is 0.462. The molecule has 0 bridgehead atoms. The molecule has 0 aliphatic heterocycles. The number of anilines is 1. The van der Waals surface area contributed by atoms with E-state index in [0.29, 0.717) is 22.8 Å². The minimum atomic E-state index is -0.174. The third-order valence-corrected chi connectivity index (χ3v) is 3.30. The third-order valence-electron chi connectivity index (χ3n) is 3.07. The van der Waals surface area contributed by atoms with Crippen LogP contribution in [0.4, 0.5) is 5.69 Å². The van der Waals surface area contributed by atoms with E-state index in [4.69, 9.17) is 17.4 Å². The molecule has 5 heteroatoms. The molecule has 4 N–H and O–H groups in total. The van der Waals surface area contributed by atoms with Crippen LogP contribution in [0.2, 0.25) is 5.02 Å². The van der Waals surface area contributed by atoms with Gasteiger partial charge in [-0.3, -0.25) is 10.6 Å². The Hall–Kier alpha value is -1.26. The zero-order valence-corrected chi connectivity index (χ0v) is 11.8. The molecule has 0 saturated carbocycles. The predicted octanol–water partition coefficient (Wildman–Crippen LogP) is 2.79. The van der Waals surface area contributed by atoms with Crippen LogP contribution in [0.3, 0.4) is 0 Å². The van der Waals surface area contributed by atoms with Crippen LogP contribution < -0.4 is 16.6 Å². The van der Waals surface area contributed by atoms with Crippen LogP contribution in [-0.4, -0.2) is 12.5 Å². The summed E-state index contributed by atoms with van der Waals surface area (Å²) in [5, 5.41) is 3.41.